The number of aliphatic hydroxyl groups is 1. The van der Waals surface area contributed by atoms with Crippen LogP contribution in [0.2, 0.25) is 0 Å². The van der Waals surface area contributed by atoms with Gasteiger partial charge in [-0.25, -0.2) is 14.4 Å². The van der Waals surface area contributed by atoms with E-state index in [0.717, 1.165) is 0 Å². The van der Waals surface area contributed by atoms with E-state index in [2.05, 4.69) is 20.6 Å². The maximum absolute atomic E-state index is 14.1. The average Bonchev–Trinajstić information content (AvgIpc) is 2.61. The maximum Gasteiger partial charge on any atom is 0.211 e. The molecule has 2 heterocycles. The van der Waals surface area contributed by atoms with Gasteiger partial charge in [0.25, 0.3) is 0 Å². The molecule has 1 aromatic carbocycles. The van der Waals surface area contributed by atoms with Gasteiger partial charge in [-0.15, -0.1) is 0 Å². The molecule has 1 atom stereocenters. The Kier molecular flexibility index (Phi) is 4.27. The molecule has 3 rings (SSSR count). The minimum atomic E-state index is -0.829. The van der Waals surface area contributed by atoms with Crippen molar-refractivity contribution in [2.75, 3.05) is 16.8 Å². The molecule has 130 valence electrons. The minimum Gasteiger partial charge on any atom is -0.397 e. The Labute approximate surface area is 147 Å². The molecule has 0 saturated heterocycles. The average molecular weight is 352 g/mol. The van der Waals surface area contributed by atoms with Gasteiger partial charge in [0.05, 0.1) is 12.3 Å². The molecule has 0 aliphatic carbocycles. The van der Waals surface area contributed by atoms with Gasteiger partial charge < -0.3 is 21.9 Å². The summed E-state index contributed by atoms with van der Waals surface area (Å²) in [6.07, 6.45) is 1.73. The van der Waals surface area contributed by atoms with Crippen LogP contribution in [0.5, 0.6) is 0 Å². The van der Waals surface area contributed by atoms with Crippen molar-refractivity contribution in [2.24, 2.45) is 4.99 Å². The van der Waals surface area contributed by atoms with E-state index in [1.165, 1.54) is 12.1 Å². The van der Waals surface area contributed by atoms with Crippen LogP contribution in [0.15, 0.2) is 23.2 Å². The molecule has 0 radical (unpaired) electrons. The van der Waals surface area contributed by atoms with E-state index in [4.69, 9.17) is 21.8 Å². The molecule has 1 aliphatic heterocycles. The van der Waals surface area contributed by atoms with Crippen LogP contribution in [0.4, 0.5) is 21.7 Å². The van der Waals surface area contributed by atoms with Crippen molar-refractivity contribution < 1.29 is 9.50 Å². The van der Waals surface area contributed by atoms with Crippen molar-refractivity contribution >= 4 is 23.3 Å². The number of nitrogens with zero attached hydrogens (tertiary/aromatic N) is 4. The maximum atomic E-state index is 14.1. The third kappa shape index (κ3) is 2.70. The summed E-state index contributed by atoms with van der Waals surface area (Å²) in [4.78, 5) is 8.43. The Hall–Kier alpha value is -3.89. The van der Waals surface area contributed by atoms with Crippen LogP contribution in [-0.2, 0) is 6.61 Å². The molecule has 26 heavy (non-hydrogen) atoms. The Balaban J connectivity index is 2.23. The first-order valence-electron chi connectivity index (χ1n) is 7.38. The lowest BCUT2D eigenvalue weighted by atomic mass is 9.94. The molecule has 0 saturated carbocycles. The number of nitrogens with two attached hydrogens (primary N) is 2. The van der Waals surface area contributed by atoms with Gasteiger partial charge in [-0.2, -0.15) is 10.5 Å². The van der Waals surface area contributed by atoms with Crippen molar-refractivity contribution in [1.29, 1.82) is 10.5 Å². The van der Waals surface area contributed by atoms with E-state index in [-0.39, 0.29) is 34.4 Å². The second kappa shape index (κ2) is 6.55. The SMILES string of the molecule is N#CNC1=NC(c2ccc(CO)c(F)c2)c2c(nc(N)c(C#N)c2N)N1. The zero-order valence-electron chi connectivity index (χ0n) is 13.3. The second-order valence-corrected chi connectivity index (χ2v) is 5.41. The normalized spacial score (nSPS) is 15.1. The van der Waals surface area contributed by atoms with Crippen LogP contribution in [0, 0.1) is 28.6 Å². The van der Waals surface area contributed by atoms with E-state index in [1.54, 1.807) is 12.3 Å². The Bertz CT molecular complexity index is 1000. The molecule has 1 unspecified atom stereocenters. The summed E-state index contributed by atoms with van der Waals surface area (Å²) in [7, 11) is 0. The Morgan fingerprint density at radius 1 is 1.35 bits per heavy atom. The summed E-state index contributed by atoms with van der Waals surface area (Å²) in [5.41, 5.74) is 12.8. The predicted molar refractivity (Wildman–Crippen MR) is 91.7 cm³/mol. The number of nitrogens with one attached hydrogen (secondary N) is 2. The highest BCUT2D eigenvalue weighted by Gasteiger charge is 2.30. The van der Waals surface area contributed by atoms with Crippen LogP contribution in [-0.4, -0.2) is 16.1 Å². The molecule has 1 aliphatic rings. The van der Waals surface area contributed by atoms with Crippen LogP contribution >= 0.6 is 0 Å². The summed E-state index contributed by atoms with van der Waals surface area (Å²) in [6, 6.07) is 5.26. The number of hydrogen-bond donors (Lipinski definition) is 5. The number of hydrogen-bond acceptors (Lipinski definition) is 9. The molecule has 0 fully saturated rings. The van der Waals surface area contributed by atoms with Gasteiger partial charge in [0, 0.05) is 11.1 Å². The highest BCUT2D eigenvalue weighted by atomic mass is 19.1. The van der Waals surface area contributed by atoms with Gasteiger partial charge >= 0.3 is 0 Å². The molecule has 0 bridgehead atoms. The Morgan fingerprint density at radius 2 is 2.12 bits per heavy atom. The molecular formula is C16H13FN8O. The highest BCUT2D eigenvalue weighted by molar-refractivity contribution is 5.98. The third-order valence-electron chi connectivity index (χ3n) is 3.92. The number of aliphatic imine (C=N–C) groups is 1. The number of nitrogen functional groups attached to an aromatic ring is 2. The number of anilines is 3. The lowest BCUT2D eigenvalue weighted by molar-refractivity contribution is 0.275. The van der Waals surface area contributed by atoms with Gasteiger partial charge in [0.2, 0.25) is 5.96 Å². The van der Waals surface area contributed by atoms with E-state index in [0.29, 0.717) is 11.1 Å². The lowest BCUT2D eigenvalue weighted by Gasteiger charge is -2.26. The number of guanidine groups is 1. The van der Waals surface area contributed by atoms with Crippen molar-refractivity contribution in [3.05, 3.63) is 46.3 Å². The van der Waals surface area contributed by atoms with Crippen molar-refractivity contribution in [1.82, 2.24) is 10.3 Å². The van der Waals surface area contributed by atoms with Gasteiger partial charge in [-0.05, 0) is 11.6 Å². The van der Waals surface area contributed by atoms with Gasteiger partial charge in [-0.3, -0.25) is 5.32 Å². The summed E-state index contributed by atoms with van der Waals surface area (Å²) in [5, 5.41) is 32.4. The molecule has 9 nitrogen and oxygen atoms in total. The number of rotatable bonds is 2. The van der Waals surface area contributed by atoms with E-state index >= 15 is 0 Å². The monoisotopic (exact) mass is 352 g/mol. The lowest BCUT2D eigenvalue weighted by Crippen LogP contribution is -2.32. The fourth-order valence-electron chi connectivity index (χ4n) is 2.68. The number of fused-ring (bicyclic) bond motifs is 1. The summed E-state index contributed by atoms with van der Waals surface area (Å²) >= 11 is 0. The predicted octanol–water partition coefficient (Wildman–Crippen LogP) is 0.691. The zero-order valence-corrected chi connectivity index (χ0v) is 13.3. The van der Waals surface area contributed by atoms with Crippen molar-refractivity contribution in [3.63, 3.8) is 0 Å². The standard InChI is InChI=1S/C16H13FN8O/c17-10-3-7(1-2-8(10)5-26)13-11-12(20)9(4-18)14(21)24-15(11)25-16(23-13)22-6-19/h1-3,13,26H,5H2,(H6,20,21,22,23,24,25). The molecule has 2 aromatic rings. The Morgan fingerprint density at radius 3 is 2.73 bits per heavy atom. The number of aromatic nitrogens is 1. The van der Waals surface area contributed by atoms with Crippen molar-refractivity contribution in [2.45, 2.75) is 12.6 Å². The smallest absolute Gasteiger partial charge is 0.211 e. The first kappa shape index (κ1) is 17.0. The number of aliphatic hydroxyl groups excluding tert-OH is 1. The zero-order chi connectivity index (χ0) is 18.8. The minimum absolute atomic E-state index is 0.00473. The van der Waals surface area contributed by atoms with Gasteiger partial charge in [0.1, 0.15) is 35.1 Å². The number of benzene rings is 1. The molecule has 0 spiro atoms. The number of pyridine rings is 1. The molecule has 1 aromatic heterocycles. The van der Waals surface area contributed by atoms with Gasteiger partial charge in [-0.1, -0.05) is 12.1 Å². The first-order valence-corrected chi connectivity index (χ1v) is 7.38. The van der Waals surface area contributed by atoms with Crippen molar-refractivity contribution in [3.8, 4) is 12.3 Å². The molecule has 0 amide bonds. The summed E-state index contributed by atoms with van der Waals surface area (Å²) < 4.78 is 14.1. The fraction of sp³-hybridized carbons (Fsp3) is 0.125. The van der Waals surface area contributed by atoms with Crippen LogP contribution in [0.3, 0.4) is 0 Å². The van der Waals surface area contributed by atoms with E-state index in [1.807, 2.05) is 6.07 Å². The quantitative estimate of drug-likeness (QED) is 0.388. The summed E-state index contributed by atoms with van der Waals surface area (Å²) in [6.45, 7) is -0.446. The number of halogens is 1. The largest absolute Gasteiger partial charge is 0.397 e. The van der Waals surface area contributed by atoms with Crippen LogP contribution in [0.1, 0.15) is 28.3 Å². The fourth-order valence-corrected chi connectivity index (χ4v) is 2.68. The first-order chi connectivity index (χ1) is 12.5. The molecular weight excluding hydrogens is 339 g/mol. The summed E-state index contributed by atoms with van der Waals surface area (Å²) in [5.74, 6) is -0.399. The molecule has 10 heteroatoms. The number of nitriles is 2. The van der Waals surface area contributed by atoms with E-state index < -0.39 is 18.5 Å². The highest BCUT2D eigenvalue weighted by Crippen LogP contribution is 2.40. The third-order valence-corrected chi connectivity index (χ3v) is 3.92. The van der Waals surface area contributed by atoms with Crippen LogP contribution < -0.4 is 22.1 Å². The van der Waals surface area contributed by atoms with Gasteiger partial charge in [0.15, 0.2) is 6.19 Å². The molecule has 7 N–H and O–H groups in total. The van der Waals surface area contributed by atoms with Crippen LogP contribution in [0.25, 0.3) is 0 Å². The topological polar surface area (TPSA) is 169 Å². The second-order valence-electron chi connectivity index (χ2n) is 5.41. The van der Waals surface area contributed by atoms with E-state index in [9.17, 15) is 9.65 Å².